The SMILES string of the molecule is OC(Cc1ccoc1)c1ccccc1OC(F)(F)F. The number of furan rings is 1. The van der Waals surface area contributed by atoms with Crippen LogP contribution in [0.3, 0.4) is 0 Å². The van der Waals surface area contributed by atoms with Crippen LogP contribution in [-0.4, -0.2) is 11.5 Å². The van der Waals surface area contributed by atoms with Crippen molar-refractivity contribution in [1.29, 1.82) is 0 Å². The second kappa shape index (κ2) is 5.36. The Morgan fingerprint density at radius 2 is 1.95 bits per heavy atom. The zero-order valence-corrected chi connectivity index (χ0v) is 9.72. The predicted molar refractivity (Wildman–Crippen MR) is 60.5 cm³/mol. The summed E-state index contributed by atoms with van der Waals surface area (Å²) in [5.74, 6) is -0.397. The Labute approximate surface area is 107 Å². The molecule has 1 N–H and O–H groups in total. The third kappa shape index (κ3) is 3.75. The molecule has 2 rings (SSSR count). The number of halogens is 3. The highest BCUT2D eigenvalue weighted by Gasteiger charge is 2.32. The van der Waals surface area contributed by atoms with Gasteiger partial charge in [0.05, 0.1) is 18.6 Å². The van der Waals surface area contributed by atoms with Gasteiger partial charge in [0.15, 0.2) is 0 Å². The first-order chi connectivity index (χ1) is 8.96. The summed E-state index contributed by atoms with van der Waals surface area (Å²) in [6, 6.07) is 7.15. The first-order valence-electron chi connectivity index (χ1n) is 5.49. The molecular weight excluding hydrogens is 261 g/mol. The fourth-order valence-corrected chi connectivity index (χ4v) is 1.72. The molecule has 0 aliphatic rings. The van der Waals surface area contributed by atoms with Crippen LogP contribution in [0.4, 0.5) is 13.2 Å². The third-order valence-corrected chi connectivity index (χ3v) is 2.51. The molecule has 0 aliphatic heterocycles. The van der Waals surface area contributed by atoms with E-state index in [2.05, 4.69) is 4.74 Å². The summed E-state index contributed by atoms with van der Waals surface area (Å²) in [5, 5.41) is 9.98. The maximum absolute atomic E-state index is 12.2. The van der Waals surface area contributed by atoms with E-state index in [0.29, 0.717) is 5.56 Å². The Hall–Kier alpha value is -1.95. The van der Waals surface area contributed by atoms with Gasteiger partial charge in [-0.2, -0.15) is 0 Å². The zero-order valence-electron chi connectivity index (χ0n) is 9.72. The number of alkyl halides is 3. The molecule has 3 nitrogen and oxygen atoms in total. The van der Waals surface area contributed by atoms with Gasteiger partial charge in [0.2, 0.25) is 0 Å². The number of rotatable bonds is 4. The van der Waals surface area contributed by atoms with Gasteiger partial charge in [0.1, 0.15) is 5.75 Å². The molecule has 2 aromatic rings. The minimum absolute atomic E-state index is 0.0843. The normalized spacial score (nSPS) is 13.3. The van der Waals surface area contributed by atoms with Gasteiger partial charge in [0, 0.05) is 12.0 Å². The van der Waals surface area contributed by atoms with E-state index >= 15 is 0 Å². The highest BCUT2D eigenvalue weighted by atomic mass is 19.4. The van der Waals surface area contributed by atoms with Gasteiger partial charge in [-0.15, -0.1) is 13.2 Å². The lowest BCUT2D eigenvalue weighted by molar-refractivity contribution is -0.275. The van der Waals surface area contributed by atoms with Crippen LogP contribution in [0.1, 0.15) is 17.2 Å². The molecule has 19 heavy (non-hydrogen) atoms. The molecule has 102 valence electrons. The van der Waals surface area contributed by atoms with E-state index in [1.807, 2.05) is 0 Å². The van der Waals surface area contributed by atoms with Gasteiger partial charge >= 0.3 is 6.36 Å². The second-order valence-corrected chi connectivity index (χ2v) is 3.94. The van der Waals surface area contributed by atoms with Crippen molar-refractivity contribution in [2.75, 3.05) is 0 Å². The number of aliphatic hydroxyl groups is 1. The maximum Gasteiger partial charge on any atom is 0.573 e. The summed E-state index contributed by atoms with van der Waals surface area (Å²) in [5.41, 5.74) is 0.773. The average molecular weight is 272 g/mol. The smallest absolute Gasteiger partial charge is 0.472 e. The van der Waals surface area contributed by atoms with E-state index in [4.69, 9.17) is 4.42 Å². The Morgan fingerprint density at radius 1 is 1.21 bits per heavy atom. The van der Waals surface area contributed by atoms with Gasteiger partial charge in [-0.3, -0.25) is 0 Å². The molecule has 1 unspecified atom stereocenters. The van der Waals surface area contributed by atoms with Crippen LogP contribution in [0.2, 0.25) is 0 Å². The lowest BCUT2D eigenvalue weighted by Crippen LogP contribution is -2.19. The van der Waals surface area contributed by atoms with Crippen LogP contribution < -0.4 is 4.74 Å². The molecule has 1 atom stereocenters. The van der Waals surface area contributed by atoms with Crippen LogP contribution in [-0.2, 0) is 6.42 Å². The molecular formula is C13H11F3O3. The first kappa shape index (κ1) is 13.5. The van der Waals surface area contributed by atoms with Gasteiger partial charge in [-0.1, -0.05) is 18.2 Å². The molecule has 0 spiro atoms. The van der Waals surface area contributed by atoms with Crippen LogP contribution in [0.5, 0.6) is 5.75 Å². The largest absolute Gasteiger partial charge is 0.573 e. The first-order valence-corrected chi connectivity index (χ1v) is 5.49. The summed E-state index contributed by atoms with van der Waals surface area (Å²) in [6.07, 6.45) is -2.88. The molecule has 0 saturated heterocycles. The van der Waals surface area contributed by atoms with Gasteiger partial charge in [-0.25, -0.2) is 0 Å². The molecule has 0 fully saturated rings. The van der Waals surface area contributed by atoms with E-state index in [1.165, 1.54) is 36.8 Å². The van der Waals surface area contributed by atoms with E-state index in [-0.39, 0.29) is 12.0 Å². The lowest BCUT2D eigenvalue weighted by Gasteiger charge is -2.16. The topological polar surface area (TPSA) is 42.6 Å². The van der Waals surface area contributed by atoms with Crippen LogP contribution >= 0.6 is 0 Å². The van der Waals surface area contributed by atoms with Gasteiger partial charge < -0.3 is 14.3 Å². The maximum atomic E-state index is 12.2. The summed E-state index contributed by atoms with van der Waals surface area (Å²) < 4.78 is 45.5. The number of ether oxygens (including phenoxy) is 1. The van der Waals surface area contributed by atoms with Crippen molar-refractivity contribution >= 4 is 0 Å². The van der Waals surface area contributed by atoms with Crippen LogP contribution in [0.15, 0.2) is 47.3 Å². The minimum atomic E-state index is -4.79. The molecule has 0 amide bonds. The van der Waals surface area contributed by atoms with Crippen molar-refractivity contribution in [3.63, 3.8) is 0 Å². The number of para-hydroxylation sites is 1. The number of hydrogen-bond donors (Lipinski definition) is 1. The number of benzene rings is 1. The molecule has 0 bridgehead atoms. The van der Waals surface area contributed by atoms with E-state index in [1.54, 1.807) is 6.07 Å². The molecule has 6 heteroatoms. The Balaban J connectivity index is 2.19. The summed E-state index contributed by atoms with van der Waals surface area (Å²) in [4.78, 5) is 0. The molecule has 1 aromatic heterocycles. The van der Waals surface area contributed by atoms with Crippen molar-refractivity contribution in [2.45, 2.75) is 18.9 Å². The molecule has 0 saturated carbocycles. The van der Waals surface area contributed by atoms with Crippen molar-refractivity contribution in [3.8, 4) is 5.75 Å². The predicted octanol–water partition coefficient (Wildman–Crippen LogP) is 3.45. The fourth-order valence-electron chi connectivity index (χ4n) is 1.72. The standard InChI is InChI=1S/C13H11F3O3/c14-13(15,16)19-12-4-2-1-3-10(12)11(17)7-9-5-6-18-8-9/h1-6,8,11,17H,7H2. The van der Waals surface area contributed by atoms with Crippen LogP contribution in [0, 0.1) is 0 Å². The highest BCUT2D eigenvalue weighted by Crippen LogP contribution is 2.31. The van der Waals surface area contributed by atoms with Crippen molar-refractivity contribution in [3.05, 3.63) is 54.0 Å². The van der Waals surface area contributed by atoms with Crippen molar-refractivity contribution < 1.29 is 27.4 Å². The Morgan fingerprint density at radius 3 is 2.58 bits per heavy atom. The van der Waals surface area contributed by atoms with E-state index in [9.17, 15) is 18.3 Å². The molecule has 1 aromatic carbocycles. The van der Waals surface area contributed by atoms with Crippen molar-refractivity contribution in [2.24, 2.45) is 0 Å². The summed E-state index contributed by atoms with van der Waals surface area (Å²) in [7, 11) is 0. The zero-order chi connectivity index (χ0) is 13.9. The Bertz CT molecular complexity index is 520. The number of aliphatic hydroxyl groups excluding tert-OH is 1. The van der Waals surface area contributed by atoms with Crippen LogP contribution in [0.25, 0.3) is 0 Å². The monoisotopic (exact) mass is 272 g/mol. The molecule has 0 aliphatic carbocycles. The molecule has 1 heterocycles. The second-order valence-electron chi connectivity index (χ2n) is 3.94. The van der Waals surface area contributed by atoms with E-state index in [0.717, 1.165) is 0 Å². The van der Waals surface area contributed by atoms with Gasteiger partial charge in [0.25, 0.3) is 0 Å². The van der Waals surface area contributed by atoms with E-state index < -0.39 is 18.2 Å². The Kier molecular flexibility index (Phi) is 3.80. The number of hydrogen-bond acceptors (Lipinski definition) is 3. The molecule has 0 radical (unpaired) electrons. The summed E-state index contributed by atoms with van der Waals surface area (Å²) >= 11 is 0. The third-order valence-electron chi connectivity index (χ3n) is 2.51. The lowest BCUT2D eigenvalue weighted by atomic mass is 10.0. The quantitative estimate of drug-likeness (QED) is 0.926. The highest BCUT2D eigenvalue weighted by molar-refractivity contribution is 5.36. The minimum Gasteiger partial charge on any atom is -0.472 e. The van der Waals surface area contributed by atoms with Crippen molar-refractivity contribution in [1.82, 2.24) is 0 Å². The average Bonchev–Trinajstić information content (AvgIpc) is 2.80. The fraction of sp³-hybridized carbons (Fsp3) is 0.231. The van der Waals surface area contributed by atoms with Gasteiger partial charge in [-0.05, 0) is 17.7 Å². The summed E-state index contributed by atoms with van der Waals surface area (Å²) in [6.45, 7) is 0.